The Bertz CT molecular complexity index is 422. The van der Waals surface area contributed by atoms with E-state index >= 15 is 0 Å². The Labute approximate surface area is 119 Å². The van der Waals surface area contributed by atoms with Gasteiger partial charge in [0, 0.05) is 6.54 Å². The number of thiazole rings is 1. The van der Waals surface area contributed by atoms with Gasteiger partial charge in [-0.2, -0.15) is 0 Å². The number of hydrogen-bond donors (Lipinski definition) is 1. The summed E-state index contributed by atoms with van der Waals surface area (Å²) in [5, 5.41) is 4.06. The van der Waals surface area contributed by atoms with E-state index in [0.717, 1.165) is 23.8 Å². The van der Waals surface area contributed by atoms with Gasteiger partial charge in [0.2, 0.25) is 0 Å². The molecule has 0 aliphatic heterocycles. The molecule has 0 spiro atoms. The molecule has 0 aliphatic rings. The monoisotopic (exact) mass is 284 g/mol. The predicted octanol–water partition coefficient (Wildman–Crippen LogP) is 4.01. The molecule has 19 heavy (non-hydrogen) atoms. The number of carbonyl (C=O) groups excluding carboxylic acids is 1. The molecule has 0 unspecified atom stereocenters. The molecule has 4 nitrogen and oxygen atoms in total. The average Bonchev–Trinajstić information content (AvgIpc) is 2.64. The van der Waals surface area contributed by atoms with Crippen molar-refractivity contribution < 1.29 is 9.53 Å². The van der Waals surface area contributed by atoms with Gasteiger partial charge in [-0.1, -0.05) is 31.1 Å². The lowest BCUT2D eigenvalue weighted by atomic mass is 10.2. The topological polar surface area (TPSA) is 51.2 Å². The Morgan fingerprint density at radius 2 is 2.05 bits per heavy atom. The van der Waals surface area contributed by atoms with Crippen LogP contribution in [-0.4, -0.2) is 23.1 Å². The number of aryl methyl sites for hydroxylation is 1. The van der Waals surface area contributed by atoms with Gasteiger partial charge in [0.25, 0.3) is 0 Å². The number of hydrogen-bond acceptors (Lipinski definition) is 5. The fourth-order valence-electron chi connectivity index (χ4n) is 1.56. The molecule has 5 heteroatoms. The van der Waals surface area contributed by atoms with Crippen LogP contribution < -0.4 is 5.32 Å². The van der Waals surface area contributed by atoms with Crippen LogP contribution >= 0.6 is 11.3 Å². The number of ether oxygens (including phenoxy) is 1. The maximum Gasteiger partial charge on any atom is 0.350 e. The molecule has 0 aromatic carbocycles. The number of carbonyl (C=O) groups is 1. The van der Waals surface area contributed by atoms with E-state index in [-0.39, 0.29) is 5.97 Å². The molecule has 0 amide bonds. The number of esters is 1. The average molecular weight is 284 g/mol. The van der Waals surface area contributed by atoms with E-state index in [2.05, 4.69) is 17.2 Å². The van der Waals surface area contributed by atoms with Crippen molar-refractivity contribution in [1.29, 1.82) is 0 Å². The predicted molar refractivity (Wildman–Crippen MR) is 80.0 cm³/mol. The number of anilines is 1. The number of nitrogens with zero attached hydrogens (tertiary/aromatic N) is 1. The fourth-order valence-corrected chi connectivity index (χ4v) is 2.42. The molecule has 0 atom stereocenters. The first-order chi connectivity index (χ1) is 8.83. The van der Waals surface area contributed by atoms with Crippen LogP contribution in [0, 0.1) is 6.92 Å². The van der Waals surface area contributed by atoms with Crippen LogP contribution in [0.5, 0.6) is 0 Å². The zero-order valence-electron chi connectivity index (χ0n) is 12.5. The van der Waals surface area contributed by atoms with Gasteiger partial charge in [0.15, 0.2) is 5.13 Å². The number of nitrogens with one attached hydrogen (secondary N) is 1. The summed E-state index contributed by atoms with van der Waals surface area (Å²) in [6.45, 7) is 10.5. The highest BCUT2D eigenvalue weighted by atomic mass is 32.1. The van der Waals surface area contributed by atoms with Crippen molar-refractivity contribution >= 4 is 22.4 Å². The van der Waals surface area contributed by atoms with Crippen LogP contribution in [-0.2, 0) is 4.74 Å². The van der Waals surface area contributed by atoms with Gasteiger partial charge in [0.05, 0.1) is 5.69 Å². The van der Waals surface area contributed by atoms with Gasteiger partial charge < -0.3 is 10.1 Å². The summed E-state index contributed by atoms with van der Waals surface area (Å²) in [6, 6.07) is 0. The smallest absolute Gasteiger partial charge is 0.350 e. The first-order valence-electron chi connectivity index (χ1n) is 6.78. The summed E-state index contributed by atoms with van der Waals surface area (Å²) in [4.78, 5) is 16.9. The first kappa shape index (κ1) is 16.0. The lowest BCUT2D eigenvalue weighted by Gasteiger charge is -2.18. The molecule has 0 saturated heterocycles. The fraction of sp³-hybridized carbons (Fsp3) is 0.714. The zero-order chi connectivity index (χ0) is 14.5. The van der Waals surface area contributed by atoms with Crippen molar-refractivity contribution in [1.82, 2.24) is 4.98 Å². The molecule has 0 radical (unpaired) electrons. The first-order valence-corrected chi connectivity index (χ1v) is 7.59. The van der Waals surface area contributed by atoms with Crippen LogP contribution in [0.15, 0.2) is 0 Å². The Kier molecular flexibility index (Phi) is 5.79. The maximum atomic E-state index is 12.0. The summed E-state index contributed by atoms with van der Waals surface area (Å²) in [7, 11) is 0. The normalized spacial score (nSPS) is 11.4. The lowest BCUT2D eigenvalue weighted by Crippen LogP contribution is -2.23. The highest BCUT2D eigenvalue weighted by Gasteiger charge is 2.22. The van der Waals surface area contributed by atoms with Crippen molar-refractivity contribution in [3.8, 4) is 0 Å². The van der Waals surface area contributed by atoms with E-state index in [1.165, 1.54) is 24.2 Å². The largest absolute Gasteiger partial charge is 0.456 e. The number of rotatable bonds is 6. The minimum absolute atomic E-state index is 0.288. The molecule has 1 N–H and O–H groups in total. The lowest BCUT2D eigenvalue weighted by molar-refractivity contribution is 0.00742. The standard InChI is InChI=1S/C14H24N2O2S/c1-6-7-8-9-15-13-16-10(2)11(19-13)12(17)18-14(3,4)5/h6-9H2,1-5H3,(H,15,16). The Morgan fingerprint density at radius 3 is 2.63 bits per heavy atom. The van der Waals surface area contributed by atoms with E-state index in [0.29, 0.717) is 4.88 Å². The van der Waals surface area contributed by atoms with Crippen LogP contribution in [0.3, 0.4) is 0 Å². The summed E-state index contributed by atoms with van der Waals surface area (Å²) < 4.78 is 5.36. The third-order valence-electron chi connectivity index (χ3n) is 2.44. The molecule has 1 rings (SSSR count). The van der Waals surface area contributed by atoms with Gasteiger partial charge in [-0.05, 0) is 34.1 Å². The summed E-state index contributed by atoms with van der Waals surface area (Å²) in [5.74, 6) is -0.288. The van der Waals surface area contributed by atoms with Crippen LogP contribution in [0.1, 0.15) is 62.3 Å². The molecule has 0 saturated carbocycles. The molecule has 1 heterocycles. The Morgan fingerprint density at radius 1 is 1.37 bits per heavy atom. The van der Waals surface area contributed by atoms with Crippen LogP contribution in [0.2, 0.25) is 0 Å². The van der Waals surface area contributed by atoms with Crippen molar-refractivity contribution in [2.75, 3.05) is 11.9 Å². The third-order valence-corrected chi connectivity index (χ3v) is 3.53. The molecule has 1 aromatic rings. The minimum atomic E-state index is -0.470. The summed E-state index contributed by atoms with van der Waals surface area (Å²) >= 11 is 1.37. The highest BCUT2D eigenvalue weighted by molar-refractivity contribution is 7.17. The van der Waals surface area contributed by atoms with E-state index < -0.39 is 5.60 Å². The molecular formula is C14H24N2O2S. The Balaban J connectivity index is 2.61. The summed E-state index contributed by atoms with van der Waals surface area (Å²) in [6.07, 6.45) is 3.52. The van der Waals surface area contributed by atoms with Crippen molar-refractivity contribution in [2.45, 2.75) is 59.5 Å². The van der Waals surface area contributed by atoms with E-state index in [1.807, 2.05) is 27.7 Å². The number of aromatic nitrogens is 1. The second-order valence-corrected chi connectivity index (χ2v) is 6.57. The van der Waals surface area contributed by atoms with Gasteiger partial charge in [-0.15, -0.1) is 0 Å². The number of unbranched alkanes of at least 4 members (excludes halogenated alkanes) is 2. The van der Waals surface area contributed by atoms with Crippen LogP contribution in [0.4, 0.5) is 5.13 Å². The van der Waals surface area contributed by atoms with E-state index in [9.17, 15) is 4.79 Å². The molecule has 108 valence electrons. The highest BCUT2D eigenvalue weighted by Crippen LogP contribution is 2.25. The van der Waals surface area contributed by atoms with Gasteiger partial charge in [-0.25, -0.2) is 9.78 Å². The quantitative estimate of drug-likeness (QED) is 0.633. The second-order valence-electron chi connectivity index (χ2n) is 5.57. The molecule has 0 fully saturated rings. The molecule has 0 bridgehead atoms. The second kappa shape index (κ2) is 6.89. The van der Waals surface area contributed by atoms with Crippen molar-refractivity contribution in [2.24, 2.45) is 0 Å². The zero-order valence-corrected chi connectivity index (χ0v) is 13.3. The van der Waals surface area contributed by atoms with E-state index in [1.54, 1.807) is 0 Å². The Hall–Kier alpha value is -1.10. The van der Waals surface area contributed by atoms with Crippen LogP contribution in [0.25, 0.3) is 0 Å². The van der Waals surface area contributed by atoms with Crippen molar-refractivity contribution in [3.63, 3.8) is 0 Å². The molecule has 0 aliphatic carbocycles. The third kappa shape index (κ3) is 5.59. The minimum Gasteiger partial charge on any atom is -0.456 e. The van der Waals surface area contributed by atoms with Gasteiger partial charge in [-0.3, -0.25) is 0 Å². The van der Waals surface area contributed by atoms with E-state index in [4.69, 9.17) is 4.74 Å². The molecular weight excluding hydrogens is 260 g/mol. The SMILES string of the molecule is CCCCCNc1nc(C)c(C(=O)OC(C)(C)C)s1. The van der Waals surface area contributed by atoms with Gasteiger partial charge >= 0.3 is 5.97 Å². The van der Waals surface area contributed by atoms with Gasteiger partial charge in [0.1, 0.15) is 10.5 Å². The summed E-state index contributed by atoms with van der Waals surface area (Å²) in [5.41, 5.74) is 0.264. The maximum absolute atomic E-state index is 12.0. The molecule has 1 aromatic heterocycles. The van der Waals surface area contributed by atoms with Crippen molar-refractivity contribution in [3.05, 3.63) is 10.6 Å².